The van der Waals surface area contributed by atoms with E-state index >= 15 is 0 Å². The molecule has 1 aliphatic carbocycles. The molecule has 0 radical (unpaired) electrons. The highest BCUT2D eigenvalue weighted by Gasteiger charge is 2.54. The first-order valence-corrected chi connectivity index (χ1v) is 17.3. The normalized spacial score (nSPS) is 26.0. The number of carboxylic acid groups (broad SMARTS) is 1. The van der Waals surface area contributed by atoms with Gasteiger partial charge in [0.15, 0.2) is 5.69 Å². The zero-order valence-corrected chi connectivity index (χ0v) is 28.1. The predicted octanol–water partition coefficient (Wildman–Crippen LogP) is 2.88. The molecule has 12 nitrogen and oxygen atoms in total. The van der Waals surface area contributed by atoms with Crippen molar-refractivity contribution in [3.63, 3.8) is 0 Å². The molecule has 48 heavy (non-hydrogen) atoms. The van der Waals surface area contributed by atoms with Crippen LogP contribution in [0.15, 0.2) is 36.5 Å². The van der Waals surface area contributed by atoms with Crippen molar-refractivity contribution in [2.75, 3.05) is 71.3 Å². The lowest BCUT2D eigenvalue weighted by atomic mass is 9.66. The van der Waals surface area contributed by atoms with Gasteiger partial charge >= 0.3 is 5.97 Å². The number of piperazine rings is 1. The lowest BCUT2D eigenvalue weighted by molar-refractivity contribution is -0.206. The number of nitrogens with zero attached hydrogens (tertiary/aromatic N) is 4. The third-order valence-corrected chi connectivity index (χ3v) is 10.9. The number of nitrogens with one attached hydrogen (secondary N) is 2. The van der Waals surface area contributed by atoms with E-state index in [2.05, 4.69) is 39.6 Å². The summed E-state index contributed by atoms with van der Waals surface area (Å²) in [6, 6.07) is 9.99. The fourth-order valence-electron chi connectivity index (χ4n) is 7.53. The molecule has 12 heteroatoms. The second-order valence-electron chi connectivity index (χ2n) is 14.2. The minimum atomic E-state index is -0.754. The van der Waals surface area contributed by atoms with Gasteiger partial charge in [-0.2, -0.15) is 0 Å². The number of hydrogen-bond donors (Lipinski definition) is 3. The van der Waals surface area contributed by atoms with Crippen molar-refractivity contribution in [1.29, 1.82) is 0 Å². The number of benzene rings is 1. The molecule has 0 spiro atoms. The number of rotatable bonds is 11. The Labute approximate surface area is 282 Å². The summed E-state index contributed by atoms with van der Waals surface area (Å²) >= 11 is 0. The lowest BCUT2D eigenvalue weighted by Gasteiger charge is -2.53. The Morgan fingerprint density at radius 3 is 2.48 bits per heavy atom. The number of fused-ring (bicyclic) bond motifs is 3. The molecular formula is C36H48N6O6. The first-order chi connectivity index (χ1) is 23.1. The largest absolute Gasteiger partial charge is 0.481 e. The summed E-state index contributed by atoms with van der Waals surface area (Å²) in [5.74, 6) is -0.947. The number of carboxylic acids is 1. The predicted molar refractivity (Wildman–Crippen MR) is 180 cm³/mol. The van der Waals surface area contributed by atoms with Crippen molar-refractivity contribution in [2.24, 2.45) is 11.3 Å². The number of pyridine rings is 1. The molecule has 3 N–H and O–H groups in total. The monoisotopic (exact) mass is 660 g/mol. The number of piperidine rings is 1. The lowest BCUT2D eigenvalue weighted by Crippen LogP contribution is -2.60. The molecular weight excluding hydrogens is 612 g/mol. The average molecular weight is 661 g/mol. The smallest absolute Gasteiger partial charge is 0.311 e. The minimum Gasteiger partial charge on any atom is -0.481 e. The van der Waals surface area contributed by atoms with Crippen LogP contribution in [0.1, 0.15) is 61.5 Å². The van der Waals surface area contributed by atoms with E-state index < -0.39 is 11.4 Å². The van der Waals surface area contributed by atoms with Crippen molar-refractivity contribution in [1.82, 2.24) is 25.0 Å². The molecule has 7 rings (SSSR count). The van der Waals surface area contributed by atoms with Gasteiger partial charge in [-0.15, -0.1) is 0 Å². The van der Waals surface area contributed by atoms with E-state index in [-0.39, 0.29) is 48.1 Å². The van der Waals surface area contributed by atoms with Gasteiger partial charge in [0.2, 0.25) is 11.8 Å². The summed E-state index contributed by atoms with van der Waals surface area (Å²) in [6.07, 6.45) is 6.72. The van der Waals surface area contributed by atoms with E-state index in [4.69, 9.17) is 4.74 Å². The third kappa shape index (κ3) is 7.40. The summed E-state index contributed by atoms with van der Waals surface area (Å²) < 4.78 is 6.19. The fraction of sp³-hybridized carbons (Fsp3) is 0.583. The third-order valence-electron chi connectivity index (χ3n) is 10.9. The Bertz CT molecular complexity index is 1510. The molecule has 5 aliphatic rings. The number of ether oxygens (including phenoxy) is 1. The molecule has 2 bridgehead atoms. The molecule has 4 saturated heterocycles. The standard InChI is InChI=1S/C36H48N6O6/c1-3-25-5-4-6-27(17-25)28-19-29(39-30(43)22-37-20-26-7-12-40(2)31(44)18-26)32(38-21-28)33(45)42-15-13-41(14-16-42)23-36-10-8-35(9-11-36,24-48-36)34(46)47/h4-6,17,19,21,26,37H,3,7-16,18,20,22-24H2,1-2H3,(H,39,43)(H,46,47). The highest BCUT2D eigenvalue weighted by atomic mass is 16.5. The van der Waals surface area contributed by atoms with Gasteiger partial charge in [-0.05, 0) is 68.2 Å². The molecule has 1 unspecified atom stereocenters. The van der Waals surface area contributed by atoms with Crippen molar-refractivity contribution < 1.29 is 29.0 Å². The van der Waals surface area contributed by atoms with Gasteiger partial charge in [-0.25, -0.2) is 4.98 Å². The number of carbonyl (C=O) groups is 4. The van der Waals surface area contributed by atoms with Gasteiger partial charge in [-0.3, -0.25) is 24.1 Å². The van der Waals surface area contributed by atoms with Crippen molar-refractivity contribution in [2.45, 2.75) is 57.5 Å². The number of aromatic nitrogens is 1. The van der Waals surface area contributed by atoms with Crippen LogP contribution in [-0.2, 0) is 25.5 Å². The van der Waals surface area contributed by atoms with Gasteiger partial charge in [0.1, 0.15) is 0 Å². The van der Waals surface area contributed by atoms with Gasteiger partial charge in [0, 0.05) is 64.5 Å². The highest BCUT2D eigenvalue weighted by Crippen LogP contribution is 2.49. The van der Waals surface area contributed by atoms with Gasteiger partial charge < -0.3 is 30.3 Å². The van der Waals surface area contributed by atoms with E-state index in [0.29, 0.717) is 57.7 Å². The van der Waals surface area contributed by atoms with Crippen LogP contribution in [0, 0.1) is 11.3 Å². The number of anilines is 1. The summed E-state index contributed by atoms with van der Waals surface area (Å²) in [6.45, 7) is 6.82. The van der Waals surface area contributed by atoms with Crippen LogP contribution in [0.5, 0.6) is 0 Å². The van der Waals surface area contributed by atoms with E-state index in [1.807, 2.05) is 25.2 Å². The second-order valence-corrected chi connectivity index (χ2v) is 14.2. The number of carbonyl (C=O) groups excluding carboxylic acids is 3. The Balaban J connectivity index is 1.10. The molecule has 2 aromatic rings. The number of amides is 3. The summed E-state index contributed by atoms with van der Waals surface area (Å²) in [4.78, 5) is 61.4. The minimum absolute atomic E-state index is 0.0553. The van der Waals surface area contributed by atoms with Gasteiger partial charge in [-0.1, -0.05) is 31.2 Å². The van der Waals surface area contributed by atoms with E-state index in [1.165, 1.54) is 5.56 Å². The SMILES string of the molecule is CCc1cccc(-c2cnc(C(=O)N3CCN(CC45CCC(C(=O)O)(CC4)CO5)CC3)c(NC(=O)CNCC3CCN(C)C(=O)C3)c2)c1. The molecule has 1 aromatic heterocycles. The second kappa shape index (κ2) is 14.3. The number of aliphatic carboxylic acids is 1. The maximum absolute atomic E-state index is 13.9. The van der Waals surface area contributed by atoms with Crippen molar-refractivity contribution in [3.8, 4) is 11.1 Å². The van der Waals surface area contributed by atoms with Crippen LogP contribution in [-0.4, -0.2) is 120 Å². The molecule has 3 amide bonds. The van der Waals surface area contributed by atoms with Crippen LogP contribution in [0.4, 0.5) is 5.69 Å². The van der Waals surface area contributed by atoms with Crippen molar-refractivity contribution >= 4 is 29.4 Å². The van der Waals surface area contributed by atoms with Crippen LogP contribution in [0.2, 0.25) is 0 Å². The first-order valence-electron chi connectivity index (χ1n) is 17.3. The van der Waals surface area contributed by atoms with Crippen molar-refractivity contribution in [3.05, 3.63) is 47.8 Å². The maximum atomic E-state index is 13.9. The zero-order valence-electron chi connectivity index (χ0n) is 28.1. The van der Waals surface area contributed by atoms with Crippen LogP contribution >= 0.6 is 0 Å². The summed E-state index contributed by atoms with van der Waals surface area (Å²) in [5, 5.41) is 15.8. The molecule has 258 valence electrons. The van der Waals surface area contributed by atoms with E-state index in [0.717, 1.165) is 49.9 Å². The summed E-state index contributed by atoms with van der Waals surface area (Å²) in [7, 11) is 1.81. The first kappa shape index (κ1) is 34.0. The molecule has 5 heterocycles. The Morgan fingerprint density at radius 1 is 1.04 bits per heavy atom. The summed E-state index contributed by atoms with van der Waals surface area (Å²) in [5.41, 5.74) is 2.49. The number of aryl methyl sites for hydroxylation is 1. The highest BCUT2D eigenvalue weighted by molar-refractivity contribution is 6.03. The molecule has 1 saturated carbocycles. The maximum Gasteiger partial charge on any atom is 0.311 e. The molecule has 4 aliphatic heterocycles. The van der Waals surface area contributed by atoms with Gasteiger partial charge in [0.05, 0.1) is 29.9 Å². The van der Waals surface area contributed by atoms with E-state index in [9.17, 15) is 24.3 Å². The quantitative estimate of drug-likeness (QED) is 0.332. The molecule has 1 atom stereocenters. The van der Waals surface area contributed by atoms with Crippen LogP contribution < -0.4 is 10.6 Å². The molecule has 1 aromatic carbocycles. The Kier molecular flexibility index (Phi) is 10.1. The average Bonchev–Trinajstić information content (AvgIpc) is 3.10. The fourth-order valence-corrected chi connectivity index (χ4v) is 7.53. The zero-order chi connectivity index (χ0) is 33.9. The van der Waals surface area contributed by atoms with Gasteiger partial charge in [0.25, 0.3) is 5.91 Å². The molecule has 5 fully saturated rings. The number of likely N-dealkylation sites (tertiary alicyclic amines) is 1. The Hall–Kier alpha value is -3.87. The van der Waals surface area contributed by atoms with Crippen LogP contribution in [0.25, 0.3) is 11.1 Å². The number of hydrogen-bond acceptors (Lipinski definition) is 8. The Morgan fingerprint density at radius 2 is 1.81 bits per heavy atom. The topological polar surface area (TPSA) is 144 Å². The van der Waals surface area contributed by atoms with E-state index in [1.54, 1.807) is 16.0 Å². The van der Waals surface area contributed by atoms with Crippen LogP contribution in [0.3, 0.4) is 0 Å².